The number of rotatable bonds is 7. The first-order chi connectivity index (χ1) is 14.2. The molecule has 3 aromatic carbocycles. The Kier molecular flexibility index (Phi) is 5.67. The van der Waals surface area contributed by atoms with Gasteiger partial charge in [-0.25, -0.2) is 3.96 Å². The van der Waals surface area contributed by atoms with E-state index in [9.17, 15) is 4.79 Å². The van der Waals surface area contributed by atoms with Gasteiger partial charge in [0.1, 0.15) is 0 Å². The van der Waals surface area contributed by atoms with Crippen LogP contribution in [0.15, 0.2) is 77.6 Å². The number of methoxy groups -OCH3 is 1. The maximum atomic E-state index is 12.8. The van der Waals surface area contributed by atoms with Gasteiger partial charge in [0, 0.05) is 6.07 Å². The van der Waals surface area contributed by atoms with E-state index in [1.54, 1.807) is 11.1 Å². The topological polar surface area (TPSA) is 40.5 Å². The van der Waals surface area contributed by atoms with Crippen molar-refractivity contribution in [2.45, 2.75) is 25.9 Å². The molecule has 5 heteroatoms. The lowest BCUT2D eigenvalue weighted by molar-refractivity contribution is 0.202. The molecule has 0 aliphatic heterocycles. The van der Waals surface area contributed by atoms with Crippen LogP contribution in [0.1, 0.15) is 18.9 Å². The highest BCUT2D eigenvalue weighted by atomic mass is 32.1. The van der Waals surface area contributed by atoms with Crippen molar-refractivity contribution in [2.75, 3.05) is 7.11 Å². The molecular weight excluding hydrogens is 382 g/mol. The number of hydrogen-bond acceptors (Lipinski definition) is 4. The van der Waals surface area contributed by atoms with E-state index in [1.807, 2.05) is 48.5 Å². The summed E-state index contributed by atoms with van der Waals surface area (Å²) in [6.45, 7) is 2.06. The summed E-state index contributed by atoms with van der Waals surface area (Å²) in [5.74, 6) is 1.31. The standard InChI is InChI=1S/C24H23NO3S/c1-17(12-13-18-8-4-3-5-9-18)28-22-16-19(14-15-21(22)27-2)25-24(26)20-10-6-7-11-23(20)29-25/h3-11,14-17H,12-13H2,1-2H3. The normalized spacial score (nSPS) is 12.1. The van der Waals surface area contributed by atoms with Crippen molar-refractivity contribution in [1.29, 1.82) is 0 Å². The molecular formula is C24H23NO3S. The Morgan fingerprint density at radius 3 is 2.48 bits per heavy atom. The molecule has 0 aliphatic rings. The molecule has 0 saturated heterocycles. The second-order valence-corrected chi connectivity index (χ2v) is 7.96. The summed E-state index contributed by atoms with van der Waals surface area (Å²) >= 11 is 1.43. The van der Waals surface area contributed by atoms with Crippen LogP contribution < -0.4 is 15.0 Å². The van der Waals surface area contributed by atoms with E-state index in [0.29, 0.717) is 11.5 Å². The molecule has 1 heterocycles. The van der Waals surface area contributed by atoms with Crippen LogP contribution in [0.25, 0.3) is 15.8 Å². The van der Waals surface area contributed by atoms with E-state index >= 15 is 0 Å². The zero-order valence-electron chi connectivity index (χ0n) is 16.5. The van der Waals surface area contributed by atoms with Gasteiger partial charge in [0.05, 0.1) is 29.0 Å². The number of aryl methyl sites for hydroxylation is 1. The van der Waals surface area contributed by atoms with Crippen LogP contribution >= 0.6 is 11.5 Å². The third-order valence-corrected chi connectivity index (χ3v) is 6.00. The first-order valence-corrected chi connectivity index (χ1v) is 10.4. The molecule has 0 N–H and O–H groups in total. The number of fused-ring (bicyclic) bond motifs is 1. The van der Waals surface area contributed by atoms with Crippen molar-refractivity contribution in [3.05, 3.63) is 88.7 Å². The molecule has 0 spiro atoms. The number of hydrogen-bond donors (Lipinski definition) is 0. The molecule has 0 radical (unpaired) electrons. The number of ether oxygens (including phenoxy) is 2. The average molecular weight is 406 g/mol. The van der Waals surface area contributed by atoms with Crippen molar-refractivity contribution in [3.63, 3.8) is 0 Å². The minimum Gasteiger partial charge on any atom is -0.493 e. The lowest BCUT2D eigenvalue weighted by atomic mass is 10.1. The minimum atomic E-state index is -0.0150. The molecule has 0 saturated carbocycles. The van der Waals surface area contributed by atoms with E-state index in [1.165, 1.54) is 17.1 Å². The summed E-state index contributed by atoms with van der Waals surface area (Å²) in [7, 11) is 1.63. The first-order valence-electron chi connectivity index (χ1n) is 9.66. The Bertz CT molecular complexity index is 1160. The van der Waals surface area contributed by atoms with Crippen LogP contribution in [0.4, 0.5) is 0 Å². The van der Waals surface area contributed by atoms with Gasteiger partial charge >= 0.3 is 0 Å². The van der Waals surface area contributed by atoms with E-state index < -0.39 is 0 Å². The largest absolute Gasteiger partial charge is 0.493 e. The Balaban J connectivity index is 1.58. The van der Waals surface area contributed by atoms with Gasteiger partial charge in [0.25, 0.3) is 5.56 Å². The van der Waals surface area contributed by atoms with Crippen molar-refractivity contribution >= 4 is 21.6 Å². The zero-order chi connectivity index (χ0) is 20.2. The van der Waals surface area contributed by atoms with Crippen LogP contribution in [0.2, 0.25) is 0 Å². The summed E-state index contributed by atoms with van der Waals surface area (Å²) in [5, 5.41) is 0.729. The van der Waals surface area contributed by atoms with Gasteiger partial charge in [0.15, 0.2) is 11.5 Å². The number of aromatic nitrogens is 1. The van der Waals surface area contributed by atoms with Crippen LogP contribution in [-0.4, -0.2) is 17.2 Å². The Morgan fingerprint density at radius 1 is 0.966 bits per heavy atom. The highest BCUT2D eigenvalue weighted by Gasteiger charge is 2.14. The highest BCUT2D eigenvalue weighted by molar-refractivity contribution is 7.14. The van der Waals surface area contributed by atoms with Crippen LogP contribution in [0.5, 0.6) is 11.5 Å². The second kappa shape index (κ2) is 8.53. The van der Waals surface area contributed by atoms with E-state index in [2.05, 4.69) is 31.2 Å². The minimum absolute atomic E-state index is 0.0125. The van der Waals surface area contributed by atoms with Crippen molar-refractivity contribution < 1.29 is 9.47 Å². The molecule has 4 nitrogen and oxygen atoms in total. The molecule has 0 amide bonds. The molecule has 148 valence electrons. The van der Waals surface area contributed by atoms with Crippen LogP contribution in [-0.2, 0) is 6.42 Å². The van der Waals surface area contributed by atoms with Gasteiger partial charge in [-0.1, -0.05) is 54.0 Å². The molecule has 0 fully saturated rings. The molecule has 1 aromatic heterocycles. The van der Waals surface area contributed by atoms with Gasteiger partial charge in [0.2, 0.25) is 0 Å². The third-order valence-electron chi connectivity index (χ3n) is 4.88. The molecule has 4 rings (SSSR count). The van der Waals surface area contributed by atoms with Gasteiger partial charge in [-0.3, -0.25) is 4.79 Å². The zero-order valence-corrected chi connectivity index (χ0v) is 17.3. The molecule has 1 atom stereocenters. The Morgan fingerprint density at radius 2 is 1.72 bits per heavy atom. The molecule has 0 bridgehead atoms. The predicted octanol–water partition coefficient (Wildman–Crippen LogP) is 5.46. The fourth-order valence-electron chi connectivity index (χ4n) is 3.32. The smallest absolute Gasteiger partial charge is 0.273 e. The van der Waals surface area contributed by atoms with Gasteiger partial charge in [-0.05, 0) is 49.6 Å². The van der Waals surface area contributed by atoms with Crippen molar-refractivity contribution in [1.82, 2.24) is 3.96 Å². The average Bonchev–Trinajstić information content (AvgIpc) is 3.10. The SMILES string of the molecule is COc1ccc(-n2sc3ccccc3c2=O)cc1OC(C)CCc1ccccc1. The number of benzene rings is 3. The van der Waals surface area contributed by atoms with E-state index in [-0.39, 0.29) is 11.7 Å². The monoisotopic (exact) mass is 405 g/mol. The Labute approximate surface area is 174 Å². The van der Waals surface area contributed by atoms with Crippen molar-refractivity contribution in [3.8, 4) is 17.2 Å². The molecule has 29 heavy (non-hydrogen) atoms. The fraction of sp³-hybridized carbons (Fsp3) is 0.208. The molecule has 1 unspecified atom stereocenters. The summed E-state index contributed by atoms with van der Waals surface area (Å²) < 4.78 is 14.3. The van der Waals surface area contributed by atoms with Crippen LogP contribution in [0.3, 0.4) is 0 Å². The summed E-state index contributed by atoms with van der Waals surface area (Å²) in [5.41, 5.74) is 2.06. The maximum Gasteiger partial charge on any atom is 0.273 e. The molecule has 0 aliphatic carbocycles. The maximum absolute atomic E-state index is 12.8. The lowest BCUT2D eigenvalue weighted by Crippen LogP contribution is -2.15. The first kappa shape index (κ1) is 19.3. The third kappa shape index (κ3) is 4.20. The highest BCUT2D eigenvalue weighted by Crippen LogP contribution is 2.32. The lowest BCUT2D eigenvalue weighted by Gasteiger charge is -2.18. The van der Waals surface area contributed by atoms with E-state index in [0.717, 1.165) is 28.6 Å². The Hall–Kier alpha value is -3.05. The van der Waals surface area contributed by atoms with E-state index in [4.69, 9.17) is 9.47 Å². The molecule has 4 aromatic rings. The number of nitrogens with zero attached hydrogens (tertiary/aromatic N) is 1. The van der Waals surface area contributed by atoms with Crippen LogP contribution in [0, 0.1) is 0 Å². The van der Waals surface area contributed by atoms with Gasteiger partial charge in [-0.2, -0.15) is 0 Å². The second-order valence-electron chi connectivity index (χ2n) is 6.97. The predicted molar refractivity (Wildman–Crippen MR) is 119 cm³/mol. The van der Waals surface area contributed by atoms with Gasteiger partial charge < -0.3 is 9.47 Å². The summed E-state index contributed by atoms with van der Waals surface area (Å²) in [4.78, 5) is 12.8. The quantitative estimate of drug-likeness (QED) is 0.410. The summed E-state index contributed by atoms with van der Waals surface area (Å²) in [6, 6.07) is 23.7. The fourth-order valence-corrected chi connectivity index (χ4v) is 4.31. The van der Waals surface area contributed by atoms with Crippen molar-refractivity contribution in [2.24, 2.45) is 0 Å². The summed E-state index contributed by atoms with van der Waals surface area (Å²) in [6.07, 6.45) is 1.85. The van der Waals surface area contributed by atoms with Gasteiger partial charge in [-0.15, -0.1) is 0 Å².